The number of H-pyrrole nitrogens is 6. The number of alkyl halides is 6. The molecule has 0 aromatic carbocycles. The first-order valence-corrected chi connectivity index (χ1v) is 52.0. The monoisotopic (exact) mass is 2230 g/mol. The molecule has 12 heterocycles. The van der Waals surface area contributed by atoms with Gasteiger partial charge in [0.15, 0.2) is 37.4 Å². The van der Waals surface area contributed by atoms with E-state index in [9.17, 15) is 90.0 Å². The van der Waals surface area contributed by atoms with Gasteiger partial charge in [-0.3, -0.25) is 99.8 Å². The molecule has 28 atom stereocenters. The molecule has 6 aliphatic rings. The van der Waals surface area contributed by atoms with E-state index in [0.717, 1.165) is 36.2 Å². The van der Waals surface area contributed by atoms with Crippen molar-refractivity contribution in [2.24, 2.45) is 11.8 Å². The van der Waals surface area contributed by atoms with Crippen LogP contribution in [-0.2, 0) is 88.6 Å². The highest BCUT2D eigenvalue weighted by Gasteiger charge is 2.62. The quantitative estimate of drug-likeness (QED) is 0.00959. The summed E-state index contributed by atoms with van der Waals surface area (Å²) < 4.78 is 272. The molecule has 12 rings (SSSR count). The third-order valence-electron chi connectivity index (χ3n) is 24.4. The van der Waals surface area contributed by atoms with Crippen molar-refractivity contribution >= 4 is 30.6 Å². The van der Waals surface area contributed by atoms with E-state index in [2.05, 4.69) is 50.1 Å². The molecule has 60 heteroatoms. The molecule has 850 valence electrons. The number of nitrogens with one attached hydrogen (secondary N) is 6. The zero-order valence-electron chi connectivity index (χ0n) is 90.5. The van der Waals surface area contributed by atoms with Crippen molar-refractivity contribution < 1.29 is 144 Å². The lowest BCUT2D eigenvalue weighted by molar-refractivity contribution is -0.0747. The molecule has 0 bridgehead atoms. The largest absolute Gasteiger partial charge is 0.400 e. The Balaban J connectivity index is 0.000000547. The zero-order valence-corrected chi connectivity index (χ0v) is 88.1. The first-order chi connectivity index (χ1) is 70.9. The molecule has 6 aromatic heterocycles. The summed E-state index contributed by atoms with van der Waals surface area (Å²) in [6.45, 7) is 27.5. The minimum Gasteiger partial charge on any atom is -0.400 e. The number of aliphatic hydroxyl groups excluding tert-OH is 4. The predicted octanol–water partition coefficient (Wildman–Crippen LogP) is 6.10. The Kier molecular flexibility index (Phi) is 47.0. The van der Waals surface area contributed by atoms with Crippen LogP contribution in [0.1, 0.15) is 179 Å². The summed E-state index contributed by atoms with van der Waals surface area (Å²) in [4.78, 5) is 171. The second kappa shape index (κ2) is 56.5. The third-order valence-corrected chi connectivity index (χ3v) is 31.9. The molecule has 50 nitrogen and oxygen atoms in total. The summed E-state index contributed by atoms with van der Waals surface area (Å²) in [5.41, 5.74) is -19.2. The fourth-order valence-electron chi connectivity index (χ4n) is 16.5. The van der Waals surface area contributed by atoms with Crippen LogP contribution >= 0.6 is 30.6 Å². The summed E-state index contributed by atoms with van der Waals surface area (Å²) in [6, 6.07) is -0.372. The van der Waals surface area contributed by atoms with Crippen LogP contribution in [0.4, 0.5) is 26.3 Å². The Morgan fingerprint density at radius 3 is 0.940 bits per heavy atom. The Morgan fingerprint density at radius 1 is 0.436 bits per heavy atom. The van der Waals surface area contributed by atoms with Crippen molar-refractivity contribution in [2.75, 3.05) is 97.1 Å². The molecule has 0 spiro atoms. The van der Waals surface area contributed by atoms with E-state index in [1.54, 1.807) is 20.8 Å². The van der Waals surface area contributed by atoms with Crippen molar-refractivity contribution in [1.29, 1.82) is 4.29 Å². The number of hydrogen-bond donors (Lipinski definition) is 11. The van der Waals surface area contributed by atoms with E-state index in [1.807, 2.05) is 32.4 Å². The van der Waals surface area contributed by atoms with Gasteiger partial charge in [0.1, 0.15) is 67.6 Å². The summed E-state index contributed by atoms with van der Waals surface area (Å²) in [5.74, 6) is -1.28. The van der Waals surface area contributed by atoms with Crippen molar-refractivity contribution in [3.63, 3.8) is 0 Å². The summed E-state index contributed by atoms with van der Waals surface area (Å²) in [5, 5.41) is 20.4. The smallest absolute Gasteiger partial charge is 0.330 e. The van der Waals surface area contributed by atoms with E-state index in [-0.39, 0.29) is 82.2 Å². The van der Waals surface area contributed by atoms with E-state index < -0.39 is 295 Å². The number of hydrogen-bond acceptors (Lipinski definition) is 36. The number of aromatic nitrogens is 12. The van der Waals surface area contributed by atoms with Gasteiger partial charge >= 0.3 is 51.1 Å². The third kappa shape index (κ3) is 30.8. The summed E-state index contributed by atoms with van der Waals surface area (Å²) >= 11 is 0. The predicted molar refractivity (Wildman–Crippen MR) is 533 cm³/mol. The lowest BCUT2D eigenvalue weighted by Crippen LogP contribution is -2.43. The molecule has 4 unspecified atom stereocenters. The van der Waals surface area contributed by atoms with Gasteiger partial charge in [-0.2, -0.15) is 26.3 Å². The Hall–Kier alpha value is -8.61. The van der Waals surface area contributed by atoms with Gasteiger partial charge in [-0.15, -0.1) is 0 Å². The molecule has 0 radical (unpaired) electrons. The van der Waals surface area contributed by atoms with Crippen molar-refractivity contribution in [1.82, 2.24) is 62.0 Å². The fourth-order valence-corrected chi connectivity index (χ4v) is 21.5. The lowest BCUT2D eigenvalue weighted by Gasteiger charge is -2.38. The number of methoxy groups -OCH3 is 6. The highest BCUT2D eigenvalue weighted by atomic mass is 31.2. The number of aliphatic hydroxyl groups is 4. The van der Waals surface area contributed by atoms with Crippen LogP contribution in [-0.4, -0.2) is 315 Å². The minimum absolute atomic E-state index is 0. The number of aryl methyl sites for hydroxylation is 6. The normalized spacial score (nSPS) is 28.4. The standard InChI is InChI=1S/C33H50F2N6O12P2.C25H35F2N4O10P.C14H21F2N2O6P.C11H16N2O5.3CH4O.3CH4/c1-17(2)41(18(3)4)54(49-13-12-36-8)52-24-22(51-30(26(24)48-10)40-16-20(6)28(43)38-32(40)45)14-33(34,35)55(11,46)53-23-21(7)50-29(25(23)47-9)39-15-19(5)27(42)37-31(39)44;1-11-9-30(23(34)28-19(11)32)21-16(37-5)13(3)15(40-21)8-25(26,27)42(7,36)41-17-14(4)39-22(18(17)38-6)31-10-12(2)20(33)29-24(31)35;1-7-6-18(13(20)17-11(7)19)12-10(23-3)8(2)9(24-12)5-14(15,16)25(4,21)22;1-5-4-13(11(16)12-9(5)15)10-8(17-3)7(14)6(2)18-10;3*1-2;;;/h15-18,21-26,29-30H,12-14H2,1-7,9-11H3,(H,37,42,44)(H,38,43,45);9-10,13-18,21-22H,8H2,1-7H3,(H,28,32,34)(H,29,33,35);6,8-10,12H,5H2,1-4H3,(H,21,22)(H,17,19,20);4,6-8,10,14H,1-3H3,(H,12,15,16);3*2H,1H3;3*1H4/t21-,22-,23-,24-,25-,26-,29-,30-,54?,55?;13-,14-,15-,16-,17-,18-,21-,22-,42?;8-,9-,10-,12-;6-,7-,8-,10-;;;;;;/m1111....../s1/i7D;4D;;2D;3*2T;;;. The SMILES string of the molecule is C.C.C.CO[C@@H]1[C@H](C)[C@@H](CC(F)(F)P(C)(=O)O)O[C@H]1n1cc(C)c(=O)[nH]c1=O.[2H]C[C@H]1O[C@@H](n2cc(C)c(=O)[nH]c2=O)[C@H](OC)[C@@H]1O.[2H]C[C@H]1O[C@@H](n2cc(C)c(=O)[nH]c2=O)[C@H](OC)[C@@H]1OP(C)(=O)C(F)(F)C[C@H]1O[C@@H](n2cc(C)c(=O)[nH]c2=O)[C@H](OC)[C@@H]1C.[2H]C[C@H]1O[C@@H](n2cc(C)c(=O)[nH]c2=O)[C@H](OC)[C@@H]1OP(C)(=O)C(F)(F)C[C@H]1O[C@@H](n2cc(C)c(=O)[nH]c2=O)[C@H](OC)[C@@H]1OP(OCC[N+]#[C-])N(C(C)C)C(C)C.[3H]OC.[3H]OC.[3H]OC. The second-order valence-electron chi connectivity index (χ2n) is 35.1. The highest BCUT2D eigenvalue weighted by molar-refractivity contribution is 7.59. The number of ether oxygens (including phenoxy) is 12. The maximum absolute atomic E-state index is 16.7. The maximum Gasteiger partial charge on any atom is 0.330 e. The zero-order chi connectivity index (χ0) is 115. The van der Waals surface area contributed by atoms with Gasteiger partial charge in [0.05, 0.1) is 43.0 Å². The first kappa shape index (κ1) is 124. The summed E-state index contributed by atoms with van der Waals surface area (Å²) in [7, 11) is -5.12. The number of nitrogens with zero attached hydrogens (tertiary/aromatic N) is 8. The van der Waals surface area contributed by atoms with Crippen molar-refractivity contribution in [3.05, 3.63) is 207 Å². The Morgan fingerprint density at radius 2 is 0.678 bits per heavy atom. The van der Waals surface area contributed by atoms with Crippen LogP contribution in [0.3, 0.4) is 0 Å². The van der Waals surface area contributed by atoms with E-state index >= 15 is 17.6 Å². The first-order valence-electron chi connectivity index (χ1n) is 48.0. The summed E-state index contributed by atoms with van der Waals surface area (Å²) in [6.07, 6.45) is -21.8. The highest BCUT2D eigenvalue weighted by Crippen LogP contribution is 2.66. The van der Waals surface area contributed by atoms with Crippen LogP contribution in [0.15, 0.2) is 94.7 Å². The average molecular weight is 2240 g/mol. The molecule has 6 fully saturated rings. The Bertz CT molecular complexity index is 6500. The Labute approximate surface area is 863 Å². The number of halogens is 6. The van der Waals surface area contributed by atoms with E-state index in [1.165, 1.54) is 140 Å². The van der Waals surface area contributed by atoms with Gasteiger partial charge in [0.25, 0.3) is 64.0 Å². The van der Waals surface area contributed by atoms with Gasteiger partial charge in [0.2, 0.25) is 10.8 Å². The van der Waals surface area contributed by atoms with Gasteiger partial charge in [-0.05, 0) is 89.9 Å². The minimum atomic E-state index is -5.11. The van der Waals surface area contributed by atoms with Crippen LogP contribution in [0.25, 0.3) is 4.85 Å². The molecule has 0 aliphatic carbocycles. The van der Waals surface area contributed by atoms with Crippen molar-refractivity contribution in [2.45, 2.75) is 309 Å². The molecule has 11 N–H and O–H groups in total. The molecule has 6 saturated heterocycles. The number of rotatable bonds is 33. The topological polar surface area (TPSA) is 637 Å². The molecule has 0 saturated carbocycles. The molecular formula is C89H146F6N14O36P4. The lowest BCUT2D eigenvalue weighted by atomic mass is 9.98. The number of aromatic amines is 6. The van der Waals surface area contributed by atoms with Crippen molar-refractivity contribution in [3.8, 4) is 0 Å². The van der Waals surface area contributed by atoms with E-state index in [0.29, 0.717) is 12.2 Å². The molecule has 6 aromatic rings. The van der Waals surface area contributed by atoms with Gasteiger partial charge in [-0.25, -0.2) is 40.0 Å². The molecule has 149 heavy (non-hydrogen) atoms. The van der Waals surface area contributed by atoms with Gasteiger partial charge < -0.3 is 105 Å². The average Bonchev–Trinajstić information content (AvgIpc) is 1.59. The van der Waals surface area contributed by atoms with E-state index in [4.69, 9.17) is 89.9 Å². The second-order valence-corrected chi connectivity index (χ2v) is 44.0. The molecule has 0 amide bonds. The van der Waals surface area contributed by atoms with Crippen LogP contribution in [0, 0.1) is 60.0 Å². The molecular weight excluding hydrogens is 2080 g/mol. The molecule has 6 aliphatic heterocycles. The van der Waals surface area contributed by atoms with Crippen LogP contribution in [0.5, 0.6) is 0 Å². The van der Waals surface area contributed by atoms with Gasteiger partial charge in [-0.1, -0.05) is 36.1 Å². The van der Waals surface area contributed by atoms with Crippen LogP contribution in [0.2, 0.25) is 0 Å². The van der Waals surface area contributed by atoms with Gasteiger partial charge in [0, 0.05) is 195 Å². The fraction of sp³-hybridized carbons (Fsp3) is 0.719. The maximum atomic E-state index is 16.7. The van der Waals surface area contributed by atoms with Crippen LogP contribution < -0.4 is 67.5 Å².